The molecule has 0 saturated heterocycles. The summed E-state index contributed by atoms with van der Waals surface area (Å²) in [5.74, 6) is -0.260. The van der Waals surface area contributed by atoms with Crippen molar-refractivity contribution in [3.63, 3.8) is 0 Å². The second kappa shape index (κ2) is 25.7. The van der Waals surface area contributed by atoms with E-state index in [1.165, 1.54) is 96.4 Å². The Kier molecular flexibility index (Phi) is 29.5. The van der Waals surface area contributed by atoms with Crippen LogP contribution < -0.4 is 17.9 Å². The van der Waals surface area contributed by atoms with Crippen LogP contribution in [0.5, 0.6) is 0 Å². The van der Waals surface area contributed by atoms with Crippen LogP contribution in [0.25, 0.3) is 0 Å². The number of carbonyl (C=O) groups excluding carboxylic acids is 1. The zero-order valence-corrected chi connectivity index (χ0v) is 21.2. The zero-order valence-electron chi connectivity index (χ0n) is 20.4. The Morgan fingerprint density at radius 2 is 1.00 bits per heavy atom. The highest BCUT2D eigenvalue weighted by atomic mass is 35.5. The van der Waals surface area contributed by atoms with Gasteiger partial charge in [-0.25, -0.2) is 5.48 Å². The van der Waals surface area contributed by atoms with Crippen LogP contribution in [0.4, 0.5) is 0 Å². The van der Waals surface area contributed by atoms with E-state index < -0.39 is 0 Å². The highest BCUT2D eigenvalue weighted by molar-refractivity contribution is 5.74. The summed E-state index contributed by atoms with van der Waals surface area (Å²) < 4.78 is 1.09. The highest BCUT2D eigenvalue weighted by Gasteiger charge is 2.01. The van der Waals surface area contributed by atoms with E-state index in [0.29, 0.717) is 6.42 Å². The van der Waals surface area contributed by atoms with Crippen LogP contribution >= 0.6 is 0 Å². The van der Waals surface area contributed by atoms with E-state index in [2.05, 4.69) is 35.0 Å². The lowest BCUT2D eigenvalue weighted by molar-refractivity contribution is -0.870. The Labute approximate surface area is 189 Å². The van der Waals surface area contributed by atoms with E-state index >= 15 is 0 Å². The van der Waals surface area contributed by atoms with Gasteiger partial charge < -0.3 is 16.9 Å². The smallest absolute Gasteiger partial charge is 0.243 e. The predicted octanol–water partition coefficient (Wildman–Crippen LogP) is 3.86. The molecule has 0 aromatic heterocycles. The molecule has 5 heteroatoms. The minimum atomic E-state index is -0.260. The average molecular weight is 437 g/mol. The number of quaternary nitrogens is 1. The van der Waals surface area contributed by atoms with Crippen LogP contribution in [0.2, 0.25) is 0 Å². The molecule has 0 aromatic carbocycles. The lowest BCUT2D eigenvalue weighted by Crippen LogP contribution is -3.00. The van der Waals surface area contributed by atoms with Crippen molar-refractivity contribution in [3.05, 3.63) is 0 Å². The third-order valence-corrected chi connectivity index (χ3v) is 5.03. The van der Waals surface area contributed by atoms with Crippen molar-refractivity contribution in [2.75, 3.05) is 27.7 Å². The van der Waals surface area contributed by atoms with E-state index in [1.807, 2.05) is 0 Å². The number of halogens is 1. The summed E-state index contributed by atoms with van der Waals surface area (Å²) in [5.41, 5.74) is 1.68. The van der Waals surface area contributed by atoms with E-state index in [9.17, 15) is 4.79 Å². The van der Waals surface area contributed by atoms with Gasteiger partial charge in [0.05, 0.1) is 27.7 Å². The molecule has 2 N–H and O–H groups in total. The Morgan fingerprint density at radius 3 is 1.24 bits per heavy atom. The standard InChI is InChI=1S/C18H37NO2.C6H16N.ClH/c1-2-3-4-5-6-7-8-9-10-11-12-13-14-15-16-17-18(20)19-21;1-5-6-7(2,3)4;/h21H,2-17H2,1H3,(H,19,20);5-6H2,1-4H3;1H/q;+1;/p-1. The molecule has 0 aliphatic carbocycles. The second-order valence-corrected chi connectivity index (χ2v) is 9.25. The lowest BCUT2D eigenvalue weighted by Gasteiger charge is -2.22. The third kappa shape index (κ3) is 35.5. The second-order valence-electron chi connectivity index (χ2n) is 9.25. The molecule has 0 spiro atoms. The van der Waals surface area contributed by atoms with Gasteiger partial charge in [0.1, 0.15) is 0 Å². The summed E-state index contributed by atoms with van der Waals surface area (Å²) in [5, 5.41) is 8.35. The molecule has 29 heavy (non-hydrogen) atoms. The number of amides is 1. The molecule has 0 bridgehead atoms. The average Bonchev–Trinajstić information content (AvgIpc) is 2.64. The number of carbonyl (C=O) groups is 1. The molecule has 0 saturated carbocycles. The summed E-state index contributed by atoms with van der Waals surface area (Å²) in [7, 11) is 6.64. The number of hydrogen-bond donors (Lipinski definition) is 2. The first-order valence-corrected chi connectivity index (χ1v) is 12.1. The molecule has 0 aromatic rings. The molecule has 0 fully saturated rings. The van der Waals surface area contributed by atoms with Crippen molar-refractivity contribution in [1.29, 1.82) is 0 Å². The topological polar surface area (TPSA) is 49.3 Å². The molecule has 0 rings (SSSR count). The molecule has 0 atom stereocenters. The van der Waals surface area contributed by atoms with E-state index in [4.69, 9.17) is 5.21 Å². The van der Waals surface area contributed by atoms with Gasteiger partial charge in [-0.05, 0) is 12.8 Å². The van der Waals surface area contributed by atoms with Crippen LogP contribution in [0.1, 0.15) is 123 Å². The van der Waals surface area contributed by atoms with Crippen molar-refractivity contribution in [1.82, 2.24) is 5.48 Å². The molecule has 4 nitrogen and oxygen atoms in total. The van der Waals surface area contributed by atoms with Gasteiger partial charge in [0, 0.05) is 6.42 Å². The molecule has 0 radical (unpaired) electrons. The fourth-order valence-electron chi connectivity index (χ4n) is 3.38. The van der Waals surface area contributed by atoms with Crippen molar-refractivity contribution in [3.8, 4) is 0 Å². The largest absolute Gasteiger partial charge is 1.00 e. The SMILES string of the molecule is CCCCCCCCCCCCCCCCCC(=O)NO.CCC[N+](C)(C)C.[Cl-]. The minimum absolute atomic E-state index is 0. The monoisotopic (exact) mass is 436 g/mol. The van der Waals surface area contributed by atoms with Gasteiger partial charge in [-0.2, -0.15) is 0 Å². The number of rotatable bonds is 18. The Hall–Kier alpha value is -0.320. The van der Waals surface area contributed by atoms with Gasteiger partial charge in [-0.1, -0.05) is 104 Å². The normalized spacial score (nSPS) is 10.7. The first-order valence-electron chi connectivity index (χ1n) is 12.1. The van der Waals surface area contributed by atoms with E-state index in [0.717, 1.165) is 17.3 Å². The Balaban J connectivity index is -0.000000721. The van der Waals surface area contributed by atoms with Gasteiger partial charge >= 0.3 is 0 Å². The summed E-state index contributed by atoms with van der Waals surface area (Å²) >= 11 is 0. The maximum atomic E-state index is 10.8. The molecule has 0 aliphatic rings. The van der Waals surface area contributed by atoms with E-state index in [1.54, 1.807) is 5.48 Å². The zero-order chi connectivity index (χ0) is 21.5. The lowest BCUT2D eigenvalue weighted by atomic mass is 10.0. The number of hydroxylamine groups is 1. The van der Waals surface area contributed by atoms with Gasteiger partial charge in [-0.15, -0.1) is 0 Å². The number of hydrogen-bond acceptors (Lipinski definition) is 2. The van der Waals surface area contributed by atoms with Crippen LogP contribution in [-0.2, 0) is 4.79 Å². The predicted molar refractivity (Wildman–Crippen MR) is 123 cm³/mol. The summed E-state index contributed by atoms with van der Waals surface area (Å²) in [6.07, 6.45) is 21.6. The first-order chi connectivity index (χ1) is 13.4. The maximum Gasteiger partial charge on any atom is 0.243 e. The number of unbranched alkanes of at least 4 members (excludes halogenated alkanes) is 14. The molecule has 178 valence electrons. The summed E-state index contributed by atoms with van der Waals surface area (Å²) in [6, 6.07) is 0. The summed E-state index contributed by atoms with van der Waals surface area (Å²) in [4.78, 5) is 10.8. The van der Waals surface area contributed by atoms with Crippen LogP contribution in [0.15, 0.2) is 0 Å². The van der Waals surface area contributed by atoms with Crippen LogP contribution in [0, 0.1) is 0 Å². The molecule has 0 heterocycles. The molecular weight excluding hydrogens is 384 g/mol. The fourth-order valence-corrected chi connectivity index (χ4v) is 3.38. The maximum absolute atomic E-state index is 10.8. The molecular formula is C24H53ClN2O2. The van der Waals surface area contributed by atoms with Crippen molar-refractivity contribution >= 4 is 5.91 Å². The molecule has 0 aliphatic heterocycles. The van der Waals surface area contributed by atoms with Gasteiger partial charge in [0.2, 0.25) is 5.91 Å². The van der Waals surface area contributed by atoms with Gasteiger partial charge in [-0.3, -0.25) is 10.0 Å². The van der Waals surface area contributed by atoms with E-state index in [-0.39, 0.29) is 18.3 Å². The van der Waals surface area contributed by atoms with Crippen LogP contribution in [-0.4, -0.2) is 43.3 Å². The number of nitrogens with zero attached hydrogens (tertiary/aromatic N) is 1. The van der Waals surface area contributed by atoms with Crippen LogP contribution in [0.3, 0.4) is 0 Å². The summed E-state index contributed by atoms with van der Waals surface area (Å²) in [6.45, 7) is 5.76. The Bertz CT molecular complexity index is 320. The molecule has 1 amide bonds. The minimum Gasteiger partial charge on any atom is -1.00 e. The molecule has 0 unspecified atom stereocenters. The fraction of sp³-hybridized carbons (Fsp3) is 0.958. The third-order valence-electron chi connectivity index (χ3n) is 5.03. The quantitative estimate of drug-likeness (QED) is 0.148. The van der Waals surface area contributed by atoms with Crippen molar-refractivity contribution in [2.24, 2.45) is 0 Å². The highest BCUT2D eigenvalue weighted by Crippen LogP contribution is 2.13. The Morgan fingerprint density at radius 1 is 0.655 bits per heavy atom. The van der Waals surface area contributed by atoms with Crippen molar-refractivity contribution < 1.29 is 26.9 Å². The first kappa shape index (κ1) is 33.3. The number of nitrogens with one attached hydrogen (secondary N) is 1. The van der Waals surface area contributed by atoms with Gasteiger partial charge in [0.15, 0.2) is 0 Å². The van der Waals surface area contributed by atoms with Crippen molar-refractivity contribution in [2.45, 2.75) is 123 Å². The van der Waals surface area contributed by atoms with Gasteiger partial charge in [0.25, 0.3) is 0 Å².